The number of para-hydroxylation sites is 1. The van der Waals surface area contributed by atoms with E-state index in [1.807, 2.05) is 13.8 Å². The first-order chi connectivity index (χ1) is 11.8. The molecule has 0 saturated heterocycles. The van der Waals surface area contributed by atoms with Gasteiger partial charge in [0, 0.05) is 6.04 Å². The monoisotopic (exact) mass is 348 g/mol. The maximum absolute atomic E-state index is 12.5. The number of carbonyl (C=O) groups is 3. The smallest absolute Gasteiger partial charge is 0.306 e. The van der Waals surface area contributed by atoms with Crippen LogP contribution in [0.25, 0.3) is 0 Å². The van der Waals surface area contributed by atoms with Gasteiger partial charge >= 0.3 is 5.97 Å². The molecule has 3 N–H and O–H groups in total. The van der Waals surface area contributed by atoms with Crippen molar-refractivity contribution in [2.75, 3.05) is 7.11 Å². The lowest BCUT2D eigenvalue weighted by Gasteiger charge is -2.34. The SMILES string of the molecule is COc1ccccc1C(=O)NC(C(=O)NC1CC(C(=O)O)C1)C(C)C. The van der Waals surface area contributed by atoms with Crippen LogP contribution < -0.4 is 15.4 Å². The molecule has 0 spiro atoms. The molecule has 2 amide bonds. The second-order valence-electron chi connectivity index (χ2n) is 6.61. The topological polar surface area (TPSA) is 105 Å². The highest BCUT2D eigenvalue weighted by molar-refractivity contribution is 5.99. The van der Waals surface area contributed by atoms with E-state index in [4.69, 9.17) is 9.84 Å². The number of carboxylic acid groups (broad SMARTS) is 1. The molecule has 1 aromatic carbocycles. The Balaban J connectivity index is 1.99. The van der Waals surface area contributed by atoms with E-state index in [2.05, 4.69) is 10.6 Å². The van der Waals surface area contributed by atoms with Gasteiger partial charge < -0.3 is 20.5 Å². The maximum atomic E-state index is 12.5. The summed E-state index contributed by atoms with van der Waals surface area (Å²) in [5, 5.41) is 14.5. The average Bonchev–Trinajstić information content (AvgIpc) is 2.54. The van der Waals surface area contributed by atoms with E-state index < -0.39 is 17.9 Å². The summed E-state index contributed by atoms with van der Waals surface area (Å²) in [5.41, 5.74) is 0.359. The van der Waals surface area contributed by atoms with Crippen LogP contribution in [0.1, 0.15) is 37.0 Å². The van der Waals surface area contributed by atoms with Crippen LogP contribution in [0.4, 0.5) is 0 Å². The summed E-state index contributed by atoms with van der Waals surface area (Å²) < 4.78 is 5.18. The Morgan fingerprint density at radius 2 is 1.84 bits per heavy atom. The van der Waals surface area contributed by atoms with Crippen molar-refractivity contribution in [3.8, 4) is 5.75 Å². The molecule has 136 valence electrons. The molecule has 0 bridgehead atoms. The molecule has 0 radical (unpaired) electrons. The predicted molar refractivity (Wildman–Crippen MR) is 91.4 cm³/mol. The van der Waals surface area contributed by atoms with Gasteiger partial charge in [0.15, 0.2) is 0 Å². The molecule has 1 aliphatic carbocycles. The third kappa shape index (κ3) is 4.49. The second kappa shape index (κ2) is 8.00. The summed E-state index contributed by atoms with van der Waals surface area (Å²) in [6.45, 7) is 3.68. The average molecular weight is 348 g/mol. The number of nitrogens with one attached hydrogen (secondary N) is 2. The van der Waals surface area contributed by atoms with Crippen LogP contribution in [0.15, 0.2) is 24.3 Å². The Kier molecular flexibility index (Phi) is 6.01. The first-order valence-corrected chi connectivity index (χ1v) is 8.30. The van der Waals surface area contributed by atoms with Crippen molar-refractivity contribution >= 4 is 17.8 Å². The number of rotatable bonds is 7. The molecule has 1 saturated carbocycles. The fourth-order valence-electron chi connectivity index (χ4n) is 2.81. The van der Waals surface area contributed by atoms with Crippen LogP contribution in [-0.4, -0.2) is 42.1 Å². The molecule has 2 rings (SSSR count). The van der Waals surface area contributed by atoms with Gasteiger partial charge in [-0.15, -0.1) is 0 Å². The number of carbonyl (C=O) groups excluding carboxylic acids is 2. The number of carboxylic acids is 1. The van der Waals surface area contributed by atoms with Crippen LogP contribution in [0.5, 0.6) is 5.75 Å². The molecule has 1 aliphatic rings. The van der Waals surface area contributed by atoms with Crippen molar-refractivity contribution in [3.05, 3.63) is 29.8 Å². The van der Waals surface area contributed by atoms with E-state index >= 15 is 0 Å². The molecule has 1 unspecified atom stereocenters. The van der Waals surface area contributed by atoms with E-state index in [0.717, 1.165) is 0 Å². The highest BCUT2D eigenvalue weighted by atomic mass is 16.5. The van der Waals surface area contributed by atoms with Crippen molar-refractivity contribution in [1.29, 1.82) is 0 Å². The Labute approximate surface area is 146 Å². The fraction of sp³-hybridized carbons (Fsp3) is 0.500. The van der Waals surface area contributed by atoms with Crippen molar-refractivity contribution in [1.82, 2.24) is 10.6 Å². The molecule has 7 nitrogen and oxygen atoms in total. The molecule has 0 heterocycles. The molecule has 0 aliphatic heterocycles. The van der Waals surface area contributed by atoms with Crippen molar-refractivity contribution in [2.45, 2.75) is 38.8 Å². The predicted octanol–water partition coefficient (Wildman–Crippen LogP) is 1.43. The van der Waals surface area contributed by atoms with E-state index in [0.29, 0.717) is 24.2 Å². The minimum absolute atomic E-state index is 0.117. The van der Waals surface area contributed by atoms with Crippen LogP contribution in [0.2, 0.25) is 0 Å². The normalized spacial score (nSPS) is 20.3. The third-order valence-electron chi connectivity index (χ3n) is 4.42. The number of aliphatic carboxylic acids is 1. The van der Waals surface area contributed by atoms with Gasteiger partial charge in [0.1, 0.15) is 11.8 Å². The molecule has 25 heavy (non-hydrogen) atoms. The molecule has 0 aromatic heterocycles. The summed E-state index contributed by atoms with van der Waals surface area (Å²) in [4.78, 5) is 35.8. The van der Waals surface area contributed by atoms with Crippen molar-refractivity contribution in [3.63, 3.8) is 0 Å². The number of methoxy groups -OCH3 is 1. The quantitative estimate of drug-likeness (QED) is 0.691. The standard InChI is InChI=1S/C18H24N2O5/c1-10(2)15(17(22)19-12-8-11(9-12)18(23)24)20-16(21)13-6-4-5-7-14(13)25-3/h4-7,10-12,15H,8-9H2,1-3H3,(H,19,22)(H,20,21)(H,23,24). The van der Waals surface area contributed by atoms with Gasteiger partial charge in [0.05, 0.1) is 18.6 Å². The first kappa shape index (κ1) is 18.8. The van der Waals surface area contributed by atoms with E-state index in [-0.39, 0.29) is 23.8 Å². The highest BCUT2D eigenvalue weighted by Gasteiger charge is 2.37. The Bertz CT molecular complexity index is 653. The maximum Gasteiger partial charge on any atom is 0.306 e. The zero-order chi connectivity index (χ0) is 18.6. The number of benzene rings is 1. The van der Waals surface area contributed by atoms with E-state index in [1.165, 1.54) is 7.11 Å². The first-order valence-electron chi connectivity index (χ1n) is 8.30. The number of ether oxygens (including phenoxy) is 1. The molecule has 1 fully saturated rings. The second-order valence-corrected chi connectivity index (χ2v) is 6.61. The van der Waals surface area contributed by atoms with Crippen LogP contribution in [-0.2, 0) is 9.59 Å². The molecule has 1 atom stereocenters. The summed E-state index contributed by atoms with van der Waals surface area (Å²) in [7, 11) is 1.48. The van der Waals surface area contributed by atoms with Gasteiger partial charge in [0.25, 0.3) is 5.91 Å². The minimum Gasteiger partial charge on any atom is -0.496 e. The Morgan fingerprint density at radius 1 is 1.20 bits per heavy atom. The van der Waals surface area contributed by atoms with Crippen molar-refractivity contribution in [2.24, 2.45) is 11.8 Å². The minimum atomic E-state index is -0.838. The lowest BCUT2D eigenvalue weighted by atomic mass is 9.80. The van der Waals surface area contributed by atoms with E-state index in [9.17, 15) is 14.4 Å². The fourth-order valence-corrected chi connectivity index (χ4v) is 2.81. The van der Waals surface area contributed by atoms with Crippen molar-refractivity contribution < 1.29 is 24.2 Å². The number of hydrogen-bond acceptors (Lipinski definition) is 4. The zero-order valence-corrected chi connectivity index (χ0v) is 14.6. The van der Waals surface area contributed by atoms with Gasteiger partial charge in [-0.2, -0.15) is 0 Å². The molecule has 1 aromatic rings. The van der Waals surface area contributed by atoms with Gasteiger partial charge in [-0.05, 0) is 30.9 Å². The summed E-state index contributed by atoms with van der Waals surface area (Å²) in [6.07, 6.45) is 0.846. The van der Waals surface area contributed by atoms with Crippen LogP contribution in [0.3, 0.4) is 0 Å². The lowest BCUT2D eigenvalue weighted by molar-refractivity contribution is -0.146. The third-order valence-corrected chi connectivity index (χ3v) is 4.42. The van der Waals surface area contributed by atoms with Gasteiger partial charge in [0.2, 0.25) is 5.91 Å². The number of hydrogen-bond donors (Lipinski definition) is 3. The number of amides is 2. The van der Waals surface area contributed by atoms with Crippen LogP contribution in [0, 0.1) is 11.8 Å². The van der Waals surface area contributed by atoms with Gasteiger partial charge in [-0.3, -0.25) is 14.4 Å². The summed E-state index contributed by atoms with van der Waals surface area (Å²) >= 11 is 0. The zero-order valence-electron chi connectivity index (χ0n) is 14.6. The largest absolute Gasteiger partial charge is 0.496 e. The highest BCUT2D eigenvalue weighted by Crippen LogP contribution is 2.27. The van der Waals surface area contributed by atoms with E-state index in [1.54, 1.807) is 24.3 Å². The molecule has 7 heteroatoms. The summed E-state index contributed by atoms with van der Waals surface area (Å²) in [5.74, 6) is -1.60. The van der Waals surface area contributed by atoms with Gasteiger partial charge in [-0.25, -0.2) is 0 Å². The Morgan fingerprint density at radius 3 is 2.40 bits per heavy atom. The van der Waals surface area contributed by atoms with Crippen LogP contribution >= 0.6 is 0 Å². The van der Waals surface area contributed by atoms with Gasteiger partial charge in [-0.1, -0.05) is 26.0 Å². The molecular formula is C18H24N2O5. The Hall–Kier alpha value is -2.57. The molecular weight excluding hydrogens is 324 g/mol. The summed E-state index contributed by atoms with van der Waals surface area (Å²) in [6, 6.07) is 5.94. The lowest BCUT2D eigenvalue weighted by Crippen LogP contribution is -2.55.